The van der Waals surface area contributed by atoms with E-state index in [1.807, 2.05) is 0 Å². The van der Waals surface area contributed by atoms with Crippen LogP contribution in [0, 0.1) is 0 Å². The van der Waals surface area contributed by atoms with E-state index in [9.17, 15) is 35.9 Å². The zero-order chi connectivity index (χ0) is 31.0. The molecule has 1 amide bonds. The Morgan fingerprint density at radius 1 is 1.10 bits per heavy atom. The van der Waals surface area contributed by atoms with E-state index >= 15 is 0 Å². The van der Waals surface area contributed by atoms with Gasteiger partial charge in [-0.1, -0.05) is 30.7 Å². The number of hydrogen-bond donors (Lipinski definition) is 0. The van der Waals surface area contributed by atoms with E-state index in [0.717, 1.165) is 18.2 Å². The van der Waals surface area contributed by atoms with Gasteiger partial charge in [-0.25, -0.2) is 9.78 Å². The molecule has 1 aliphatic heterocycles. The van der Waals surface area contributed by atoms with E-state index < -0.39 is 53.2 Å². The molecule has 7 nitrogen and oxygen atoms in total. The first-order chi connectivity index (χ1) is 19.6. The van der Waals surface area contributed by atoms with Crippen molar-refractivity contribution in [2.75, 3.05) is 25.2 Å². The number of rotatable bonds is 7. The summed E-state index contributed by atoms with van der Waals surface area (Å²) < 4.78 is 99.2. The first-order valence-corrected chi connectivity index (χ1v) is 12.8. The van der Waals surface area contributed by atoms with Crippen molar-refractivity contribution in [3.8, 4) is 17.4 Å². The summed E-state index contributed by atoms with van der Waals surface area (Å²) in [6.07, 6.45) is -9.72. The summed E-state index contributed by atoms with van der Waals surface area (Å²) in [5, 5.41) is -0.137. The van der Waals surface area contributed by atoms with Crippen molar-refractivity contribution >= 4 is 29.2 Å². The van der Waals surface area contributed by atoms with E-state index in [2.05, 4.69) is 9.72 Å². The van der Waals surface area contributed by atoms with Crippen LogP contribution in [0.3, 0.4) is 0 Å². The van der Waals surface area contributed by atoms with Crippen molar-refractivity contribution in [1.29, 1.82) is 0 Å². The lowest BCUT2D eigenvalue weighted by atomic mass is 9.81. The average Bonchev–Trinajstić information content (AvgIpc) is 2.90. The maximum atomic E-state index is 14.4. The van der Waals surface area contributed by atoms with Crippen molar-refractivity contribution in [3.63, 3.8) is 0 Å². The first-order valence-electron chi connectivity index (χ1n) is 12.4. The highest BCUT2D eigenvalue weighted by Gasteiger charge is 2.45. The van der Waals surface area contributed by atoms with Gasteiger partial charge in [0.1, 0.15) is 11.5 Å². The van der Waals surface area contributed by atoms with Gasteiger partial charge in [0.2, 0.25) is 5.88 Å². The summed E-state index contributed by atoms with van der Waals surface area (Å²) >= 11 is 6.35. The summed E-state index contributed by atoms with van der Waals surface area (Å²) in [7, 11) is 1.44. The number of pyridine rings is 1. The maximum Gasteiger partial charge on any atom is 0.434 e. The normalized spacial score (nSPS) is 15.0. The maximum absolute atomic E-state index is 14.4. The van der Waals surface area contributed by atoms with Crippen LogP contribution in [-0.4, -0.2) is 43.3 Å². The molecule has 224 valence electrons. The second kappa shape index (κ2) is 11.7. The second-order valence-electron chi connectivity index (χ2n) is 9.33. The van der Waals surface area contributed by atoms with Gasteiger partial charge in [0, 0.05) is 18.1 Å². The van der Waals surface area contributed by atoms with Gasteiger partial charge < -0.3 is 19.1 Å². The zero-order valence-electron chi connectivity index (χ0n) is 22.3. The number of alkyl halides is 6. The quantitative estimate of drug-likeness (QED) is 0.202. The summed E-state index contributed by atoms with van der Waals surface area (Å²) in [6.45, 7) is 2.39. The fourth-order valence-corrected chi connectivity index (χ4v) is 4.92. The van der Waals surface area contributed by atoms with Crippen molar-refractivity contribution in [3.05, 3.63) is 75.9 Å². The average molecular weight is 617 g/mol. The molecular weight excluding hydrogens is 594 g/mol. The van der Waals surface area contributed by atoms with Gasteiger partial charge in [0.15, 0.2) is 12.3 Å². The lowest BCUT2D eigenvalue weighted by Gasteiger charge is -2.31. The molecule has 1 aliphatic rings. The van der Waals surface area contributed by atoms with Gasteiger partial charge in [0.05, 0.1) is 23.8 Å². The summed E-state index contributed by atoms with van der Waals surface area (Å²) in [4.78, 5) is 28.6. The molecule has 0 aliphatic carbocycles. The summed E-state index contributed by atoms with van der Waals surface area (Å²) in [6, 6.07) is 9.43. The molecule has 0 spiro atoms. The highest BCUT2D eigenvalue weighted by atomic mass is 35.5. The smallest absolute Gasteiger partial charge is 0.434 e. The highest BCUT2D eigenvalue weighted by molar-refractivity contribution is 6.31. The molecule has 0 bridgehead atoms. The molecule has 0 saturated heterocycles. The molecule has 2 atom stereocenters. The monoisotopic (exact) mass is 616 g/mol. The van der Waals surface area contributed by atoms with E-state index in [0.29, 0.717) is 0 Å². The number of fused-ring (bicyclic) bond motifs is 1. The molecule has 14 heteroatoms. The van der Waals surface area contributed by atoms with Gasteiger partial charge in [-0.15, -0.1) is 0 Å². The van der Waals surface area contributed by atoms with Crippen LogP contribution in [0.4, 0.5) is 32.0 Å². The number of ether oxygens (including phenoxy) is 3. The molecule has 0 radical (unpaired) electrons. The van der Waals surface area contributed by atoms with Gasteiger partial charge in [0.25, 0.3) is 5.91 Å². The molecule has 4 rings (SSSR count). The molecule has 2 aromatic carbocycles. The van der Waals surface area contributed by atoms with E-state index in [4.69, 9.17) is 21.1 Å². The fraction of sp³-hybridized carbons (Fsp3) is 0.321. The molecule has 42 heavy (non-hydrogen) atoms. The van der Waals surface area contributed by atoms with Crippen LogP contribution in [0.15, 0.2) is 48.5 Å². The Morgan fingerprint density at radius 3 is 2.43 bits per heavy atom. The Labute approximate surface area is 240 Å². The fourth-order valence-electron chi connectivity index (χ4n) is 4.57. The minimum absolute atomic E-state index is 0.0892. The number of aromatic nitrogens is 1. The molecule has 1 aromatic heterocycles. The topological polar surface area (TPSA) is 78.0 Å². The standard InChI is InChI=1S/C28H23ClF6N2O5/c1-4-40-26(39)18-8-10-22(36-25(18)28(33,34)35)42-16-6-7-17(19(29)12-16)14(2)24(27(30,31)32)15-5-9-21-20(11-15)37(3)23(38)13-41-21/h5-12,14,24H,4,13H2,1-3H3. The number of esters is 1. The number of likely N-dealkylation sites (N-methyl/N-ethyl adjacent to an activating group) is 1. The van der Waals surface area contributed by atoms with Crippen LogP contribution in [0.5, 0.6) is 17.4 Å². The molecular formula is C28H23ClF6N2O5. The third-order valence-corrected chi connectivity index (χ3v) is 6.93. The number of hydrogen-bond acceptors (Lipinski definition) is 6. The number of carbonyl (C=O) groups is 2. The summed E-state index contributed by atoms with van der Waals surface area (Å²) in [5.74, 6) is -5.26. The van der Waals surface area contributed by atoms with Crippen LogP contribution in [-0.2, 0) is 15.7 Å². The van der Waals surface area contributed by atoms with E-state index in [1.165, 1.54) is 56.1 Å². The van der Waals surface area contributed by atoms with Crippen molar-refractivity contribution in [2.24, 2.45) is 0 Å². The second-order valence-corrected chi connectivity index (χ2v) is 9.73. The number of anilines is 1. The predicted molar refractivity (Wildman–Crippen MR) is 139 cm³/mol. The van der Waals surface area contributed by atoms with Gasteiger partial charge in [-0.3, -0.25) is 4.79 Å². The van der Waals surface area contributed by atoms with Crippen molar-refractivity contribution in [2.45, 2.75) is 38.0 Å². The zero-order valence-corrected chi connectivity index (χ0v) is 23.0. The SMILES string of the molecule is CCOC(=O)c1ccc(Oc2ccc(C(C)C(c3ccc4c(c3)N(C)C(=O)CO4)C(F)(F)F)c(Cl)c2)nc1C(F)(F)F. The minimum Gasteiger partial charge on any atom is -0.482 e. The van der Waals surface area contributed by atoms with Crippen LogP contribution in [0.2, 0.25) is 5.02 Å². The molecule has 0 fully saturated rings. The van der Waals surface area contributed by atoms with Crippen molar-refractivity contribution < 1.29 is 50.1 Å². The Kier molecular flexibility index (Phi) is 8.63. The lowest BCUT2D eigenvalue weighted by molar-refractivity contribution is -0.154. The lowest BCUT2D eigenvalue weighted by Crippen LogP contribution is -2.35. The molecule has 2 heterocycles. The van der Waals surface area contributed by atoms with Crippen LogP contribution >= 0.6 is 11.6 Å². The molecule has 0 N–H and O–H groups in total. The number of nitrogens with zero attached hydrogens (tertiary/aromatic N) is 2. The van der Waals surface area contributed by atoms with Gasteiger partial charge >= 0.3 is 18.3 Å². The van der Waals surface area contributed by atoms with Gasteiger partial charge in [-0.2, -0.15) is 26.3 Å². The number of halogens is 7. The Balaban J connectivity index is 1.64. The first kappa shape index (κ1) is 30.9. The number of benzene rings is 2. The van der Waals surface area contributed by atoms with E-state index in [1.54, 1.807) is 0 Å². The third-order valence-electron chi connectivity index (χ3n) is 6.60. The van der Waals surface area contributed by atoms with E-state index in [-0.39, 0.29) is 46.5 Å². The van der Waals surface area contributed by atoms with Crippen LogP contribution < -0.4 is 14.4 Å². The molecule has 2 unspecified atom stereocenters. The predicted octanol–water partition coefficient (Wildman–Crippen LogP) is 7.53. The highest BCUT2D eigenvalue weighted by Crippen LogP contribution is 2.48. The van der Waals surface area contributed by atoms with Crippen LogP contribution in [0.25, 0.3) is 0 Å². The Morgan fingerprint density at radius 2 is 1.81 bits per heavy atom. The minimum atomic E-state index is -5.00. The number of amides is 1. The van der Waals surface area contributed by atoms with Crippen LogP contribution in [0.1, 0.15) is 52.9 Å². The van der Waals surface area contributed by atoms with Crippen molar-refractivity contribution in [1.82, 2.24) is 4.98 Å². The number of carbonyl (C=O) groups excluding carboxylic acids is 2. The molecule has 0 saturated carbocycles. The Hall–Kier alpha value is -4.00. The largest absolute Gasteiger partial charge is 0.482 e. The summed E-state index contributed by atoms with van der Waals surface area (Å²) in [5.41, 5.74) is -2.17. The Bertz CT molecular complexity index is 1510. The third kappa shape index (κ3) is 6.40. The molecule has 3 aromatic rings. The van der Waals surface area contributed by atoms with Gasteiger partial charge in [-0.05, 0) is 54.3 Å².